The number of nitro benzene ring substituents is 1. The maximum atomic E-state index is 11.0. The van der Waals surface area contributed by atoms with Gasteiger partial charge in [0.15, 0.2) is 30.8 Å². The number of nitro groups is 1. The molecule has 0 aliphatic heterocycles. The number of benzene rings is 4. The van der Waals surface area contributed by atoms with Gasteiger partial charge in [0.1, 0.15) is 44.5 Å². The SMILES string of the molecule is CNc1nc(N(C)C)c(C#N)c(C)c1N=Nc1sc(C)c(C)c1C.Cc1cc(N(C)C)c(C)cc1N=Nc1sc(C)c(C)c1C.Cc1cc(N(C)C)c(C)cc1N=Nc1snc(C)c1C.Cc1cc(N(C)C)c(C)cc1N=Nc1snc2ccc([N+](=O)[O-])cc12.Cc1nsc(N=Nc2c[n+](C)c(N(C)C)s2)c1C.Cc1sc(N=Nc2sc(N(C)C)[n+](C)c2C)c(C)c1C. The highest BCUT2D eigenvalue weighted by Gasteiger charge is 2.24. The summed E-state index contributed by atoms with van der Waals surface area (Å²) in [7, 11) is 29.9. The quantitative estimate of drug-likeness (QED) is 0.0321. The molecule has 0 spiro atoms. The number of rotatable bonds is 20. The normalized spacial score (nSPS) is 11.3. The zero-order valence-electron chi connectivity index (χ0n) is 80.5. The number of anilines is 7. The molecule has 0 radical (unpaired) electrons. The van der Waals surface area contributed by atoms with Crippen molar-refractivity contribution in [3.8, 4) is 6.07 Å². The largest absolute Gasteiger partial charge is 0.377 e. The van der Waals surface area contributed by atoms with Crippen LogP contribution in [0.1, 0.15) is 121 Å². The van der Waals surface area contributed by atoms with Gasteiger partial charge in [-0.1, -0.05) is 0 Å². The van der Waals surface area contributed by atoms with Crippen LogP contribution in [0.25, 0.3) is 10.9 Å². The minimum Gasteiger partial charge on any atom is -0.377 e. The van der Waals surface area contributed by atoms with Crippen molar-refractivity contribution in [2.24, 2.45) is 75.5 Å². The molecule has 0 fully saturated rings. The van der Waals surface area contributed by atoms with Crippen molar-refractivity contribution in [3.63, 3.8) is 0 Å². The molecule has 0 bridgehead atoms. The summed E-state index contributed by atoms with van der Waals surface area (Å²) >= 11 is 12.3. The van der Waals surface area contributed by atoms with Gasteiger partial charge >= 0.3 is 10.3 Å². The van der Waals surface area contributed by atoms with Gasteiger partial charge in [-0.2, -0.15) is 18.4 Å². The van der Waals surface area contributed by atoms with Gasteiger partial charge in [0.05, 0.1) is 86.7 Å². The Balaban J connectivity index is 0.000000190. The Morgan fingerprint density at radius 3 is 1.15 bits per heavy atom. The van der Waals surface area contributed by atoms with Crippen molar-refractivity contribution in [1.82, 2.24) is 18.1 Å². The van der Waals surface area contributed by atoms with Crippen LogP contribution in [-0.4, -0.2) is 115 Å². The van der Waals surface area contributed by atoms with E-state index in [-0.39, 0.29) is 5.69 Å². The number of nitriles is 1. The van der Waals surface area contributed by atoms with Crippen LogP contribution in [0.15, 0.2) is 122 Å². The van der Waals surface area contributed by atoms with Gasteiger partial charge in [0.2, 0.25) is 0 Å². The summed E-state index contributed by atoms with van der Waals surface area (Å²) in [5.74, 6) is 1.24. The van der Waals surface area contributed by atoms with Crippen molar-refractivity contribution in [3.05, 3.63) is 192 Å². The molecule has 9 aromatic heterocycles. The highest BCUT2D eigenvalue weighted by Crippen LogP contribution is 2.44. The second kappa shape index (κ2) is 45.1. The standard InChI is InChI=1S/C17H22N6S.C17H17N5O2S.C17H23N3S.C15H20N4S.C14H21N4S2.C11H16N5S2/c1-9-10(2)17(24-12(9)4)22-21-14-11(3)13(8-18)16(23(6)7)20-15(14)19-5;1-10-8-16(21(3)4)11(2)7-15(10)18-19-17-13-9-12(22(23)24)5-6-14(13)20-25-17;1-10-9-16(20(6)7)11(2)8-15(10)18-19-17-13(4)12(3)14(5)21-17;1-9-8-14(19(5)6)10(2)7-13(9)16-17-15-11(3)12(4)18-20-15;1-8-9(2)12(19-11(8)4)15-16-13-10(3)18(7)14(20-13)17(5)6;1-7-8(2)14-18-10(7)13-12-9-6-16(5)11(17-9)15(3)4/h1-7H3,(H,19,20);5-9H,1-4H3;8-9H,1-7H3;7-8H,1-6H3;1-7H3;6H,1-5H3/q;;;;2*+1. The van der Waals surface area contributed by atoms with Crippen molar-refractivity contribution >= 4 is 210 Å². The molecule has 128 heavy (non-hydrogen) atoms. The van der Waals surface area contributed by atoms with Crippen LogP contribution in [-0.2, 0) is 14.1 Å². The number of hydrogen-bond acceptors (Lipinski definition) is 34. The van der Waals surface area contributed by atoms with E-state index in [1.807, 2.05) is 155 Å². The van der Waals surface area contributed by atoms with E-state index < -0.39 is 4.92 Å². The lowest BCUT2D eigenvalue weighted by molar-refractivity contribution is -0.660. The molecule has 13 aromatic rings. The van der Waals surface area contributed by atoms with E-state index in [2.05, 4.69) is 261 Å². The molecule has 29 nitrogen and oxygen atoms in total. The van der Waals surface area contributed by atoms with E-state index >= 15 is 0 Å². The summed E-state index contributed by atoms with van der Waals surface area (Å²) in [6.07, 6.45) is 1.98. The monoisotopic (exact) mass is 1880 g/mol. The molecule has 676 valence electrons. The van der Waals surface area contributed by atoms with Gasteiger partial charge in [-0.05, 0) is 305 Å². The number of fused-ring (bicyclic) bond motifs is 1. The molecule has 9 heterocycles. The molecule has 0 saturated heterocycles. The lowest BCUT2D eigenvalue weighted by Crippen LogP contribution is -2.35. The number of thiophene rings is 3. The number of azo groups is 6. The van der Waals surface area contributed by atoms with Crippen LogP contribution in [0.5, 0.6) is 0 Å². The first kappa shape index (κ1) is 102. The van der Waals surface area contributed by atoms with Crippen molar-refractivity contribution in [2.75, 3.05) is 126 Å². The Morgan fingerprint density at radius 2 is 0.797 bits per heavy atom. The first-order valence-electron chi connectivity index (χ1n) is 40.8. The lowest BCUT2D eigenvalue weighted by atomic mass is 10.1. The van der Waals surface area contributed by atoms with E-state index in [4.69, 9.17) is 0 Å². The third kappa shape index (κ3) is 25.1. The summed E-state index contributed by atoms with van der Waals surface area (Å²) in [6.45, 7) is 43.3. The van der Waals surface area contributed by atoms with Crippen LogP contribution < -0.4 is 43.9 Å². The van der Waals surface area contributed by atoms with Crippen molar-refractivity contribution in [1.29, 1.82) is 5.26 Å². The summed E-state index contributed by atoms with van der Waals surface area (Å²) in [5, 5.41) is 86.2. The third-order valence-corrected chi connectivity index (χ3v) is 30.2. The van der Waals surface area contributed by atoms with Crippen LogP contribution in [0.3, 0.4) is 0 Å². The topological polar surface area (TPSA) is 306 Å². The van der Waals surface area contributed by atoms with E-state index in [0.717, 1.165) is 124 Å². The number of aryl methyl sites for hydroxylation is 12. The predicted octanol–water partition coefficient (Wildman–Crippen LogP) is 28.2. The second-order valence-corrected chi connectivity index (χ2v) is 39.9. The fourth-order valence-electron chi connectivity index (χ4n) is 12.6. The molecule has 0 atom stereocenters. The van der Waals surface area contributed by atoms with E-state index in [1.165, 1.54) is 117 Å². The number of pyridine rings is 1. The zero-order valence-corrected chi connectivity index (χ0v) is 87.0. The number of aromatic nitrogens is 6. The summed E-state index contributed by atoms with van der Waals surface area (Å²) < 4.78 is 17.0. The average molecular weight is 1880 g/mol. The first-order valence-corrected chi connectivity index (χ1v) is 47.2. The van der Waals surface area contributed by atoms with E-state index in [0.29, 0.717) is 38.8 Å². The van der Waals surface area contributed by atoms with Gasteiger partial charge in [0, 0.05) is 136 Å². The zero-order chi connectivity index (χ0) is 95.1. The lowest BCUT2D eigenvalue weighted by Gasteiger charge is -2.17. The minimum absolute atomic E-state index is 0.0199. The minimum atomic E-state index is -0.425. The fourth-order valence-corrected chi connectivity index (χ4v) is 19.5. The predicted molar refractivity (Wildman–Crippen MR) is 543 cm³/mol. The Labute approximate surface area is 785 Å². The molecular weight excluding hydrogens is 1760 g/mol. The maximum absolute atomic E-state index is 11.0. The molecule has 13 rings (SSSR count). The molecule has 0 unspecified atom stereocenters. The van der Waals surface area contributed by atoms with Gasteiger partial charge < -0.3 is 24.9 Å². The highest BCUT2D eigenvalue weighted by molar-refractivity contribution is 7.19. The summed E-state index contributed by atoms with van der Waals surface area (Å²) in [5.41, 5.74) is 28.5. The smallest absolute Gasteiger partial charge is 0.337 e. The highest BCUT2D eigenvalue weighted by atomic mass is 32.1. The van der Waals surface area contributed by atoms with Crippen LogP contribution in [0.2, 0.25) is 0 Å². The molecule has 37 heteroatoms. The molecule has 0 aliphatic carbocycles. The van der Waals surface area contributed by atoms with Crippen LogP contribution >= 0.6 is 91.3 Å². The molecule has 0 amide bonds. The summed E-state index contributed by atoms with van der Waals surface area (Å²) in [4.78, 5) is 31.2. The number of hydrogen-bond donors (Lipinski definition) is 1. The summed E-state index contributed by atoms with van der Waals surface area (Å²) in [6, 6.07) is 19.3. The van der Waals surface area contributed by atoms with E-state index in [1.54, 1.807) is 69.8 Å². The Morgan fingerprint density at radius 1 is 0.406 bits per heavy atom. The van der Waals surface area contributed by atoms with Crippen molar-refractivity contribution in [2.45, 2.75) is 145 Å². The van der Waals surface area contributed by atoms with Gasteiger partial charge in [-0.3, -0.25) is 19.9 Å². The Bertz CT molecular complexity index is 6400. The Hall–Kier alpha value is -11.4. The van der Waals surface area contributed by atoms with Crippen LogP contribution in [0.4, 0.5) is 107 Å². The van der Waals surface area contributed by atoms with E-state index in [9.17, 15) is 15.4 Å². The first-order chi connectivity index (χ1) is 60.2. The van der Waals surface area contributed by atoms with Crippen LogP contribution in [0, 0.1) is 167 Å². The molecule has 1 N–H and O–H groups in total. The maximum Gasteiger partial charge on any atom is 0.337 e. The number of nitrogens with zero attached hydrogens (tertiary/aromatic N) is 26. The number of non-ortho nitro benzene ring substituents is 1. The second-order valence-electron chi connectivity index (χ2n) is 32.1. The molecule has 4 aromatic carbocycles. The third-order valence-electron chi connectivity index (χ3n) is 21.4. The number of thiazole rings is 2. The van der Waals surface area contributed by atoms with Gasteiger partial charge in [0.25, 0.3) is 5.69 Å². The average Bonchev–Trinajstić information content (AvgIpc) is 0.926. The van der Waals surface area contributed by atoms with Crippen molar-refractivity contribution < 1.29 is 14.1 Å². The number of nitrogens with one attached hydrogen (secondary N) is 1. The van der Waals surface area contributed by atoms with Gasteiger partial charge in [-0.25, -0.2) is 14.1 Å². The fraction of sp³-hybridized carbons (Fsp3) is 0.396. The molecular formula is C91H119N27O2S8+2. The molecule has 0 saturated carbocycles. The molecule has 0 aliphatic rings. The Kier molecular flexibility index (Phi) is 35.9. The van der Waals surface area contributed by atoms with Gasteiger partial charge in [-0.15, -0.1) is 95.4 Å².